The number of benzene rings is 1. The van der Waals surface area contributed by atoms with Crippen LogP contribution in [0.2, 0.25) is 0 Å². The van der Waals surface area contributed by atoms with E-state index < -0.39 is 10.0 Å². The summed E-state index contributed by atoms with van der Waals surface area (Å²) in [6.07, 6.45) is 5.32. The maximum Gasteiger partial charge on any atom is 0.240 e. The highest BCUT2D eigenvalue weighted by molar-refractivity contribution is 7.89. The molecule has 4 heteroatoms. The monoisotopic (exact) mass is 279 g/mol. The molecular formula is C15H21NO2S. The average molecular weight is 279 g/mol. The molecule has 104 valence electrons. The van der Waals surface area contributed by atoms with Crippen molar-refractivity contribution in [2.24, 2.45) is 11.8 Å². The lowest BCUT2D eigenvalue weighted by Crippen LogP contribution is -2.30. The fourth-order valence-corrected chi connectivity index (χ4v) is 3.74. The molecule has 2 atom stereocenters. The number of aryl methyl sites for hydroxylation is 1. The highest BCUT2D eigenvalue weighted by Crippen LogP contribution is 2.32. The van der Waals surface area contributed by atoms with E-state index in [1.807, 2.05) is 25.1 Å². The zero-order valence-electron chi connectivity index (χ0n) is 11.3. The Labute approximate surface area is 115 Å². The zero-order valence-corrected chi connectivity index (χ0v) is 12.1. The fraction of sp³-hybridized carbons (Fsp3) is 0.467. The summed E-state index contributed by atoms with van der Waals surface area (Å²) >= 11 is 0. The molecule has 0 radical (unpaired) electrons. The number of sulfonamides is 1. The second kappa shape index (κ2) is 5.88. The van der Waals surface area contributed by atoms with Crippen molar-refractivity contribution in [3.8, 4) is 0 Å². The van der Waals surface area contributed by atoms with Gasteiger partial charge in [-0.1, -0.05) is 30.2 Å². The minimum Gasteiger partial charge on any atom is -0.211 e. The zero-order chi connectivity index (χ0) is 13.9. The van der Waals surface area contributed by atoms with Gasteiger partial charge in [-0.3, -0.25) is 0 Å². The van der Waals surface area contributed by atoms with Gasteiger partial charge in [0.25, 0.3) is 0 Å². The molecule has 0 aliphatic heterocycles. The van der Waals surface area contributed by atoms with Crippen LogP contribution < -0.4 is 4.72 Å². The van der Waals surface area contributed by atoms with Crippen molar-refractivity contribution in [3.63, 3.8) is 0 Å². The van der Waals surface area contributed by atoms with Crippen LogP contribution in [0.1, 0.15) is 24.8 Å². The smallest absolute Gasteiger partial charge is 0.211 e. The number of hydrogen-bond donors (Lipinski definition) is 1. The van der Waals surface area contributed by atoms with Crippen LogP contribution in [0.15, 0.2) is 41.8 Å². The van der Waals surface area contributed by atoms with Gasteiger partial charge in [-0.15, -0.1) is 6.58 Å². The van der Waals surface area contributed by atoms with Crippen LogP contribution in [0.3, 0.4) is 0 Å². The molecule has 0 unspecified atom stereocenters. The first kappa shape index (κ1) is 14.3. The predicted molar refractivity (Wildman–Crippen MR) is 77.4 cm³/mol. The Bertz CT molecular complexity index is 534. The highest BCUT2D eigenvalue weighted by atomic mass is 32.2. The first-order valence-corrected chi connectivity index (χ1v) is 8.20. The van der Waals surface area contributed by atoms with Gasteiger partial charge < -0.3 is 0 Å². The van der Waals surface area contributed by atoms with Crippen molar-refractivity contribution in [1.29, 1.82) is 0 Å². The Hall–Kier alpha value is -1.13. The quantitative estimate of drug-likeness (QED) is 0.842. The second-order valence-corrected chi connectivity index (χ2v) is 7.02. The number of nitrogens with one attached hydrogen (secondary N) is 1. The lowest BCUT2D eigenvalue weighted by Gasteiger charge is -2.16. The third kappa shape index (κ3) is 3.45. The van der Waals surface area contributed by atoms with Crippen LogP contribution in [-0.4, -0.2) is 15.0 Å². The summed E-state index contributed by atoms with van der Waals surface area (Å²) in [4.78, 5) is 0.339. The van der Waals surface area contributed by atoms with E-state index in [4.69, 9.17) is 0 Å². The molecule has 1 fully saturated rings. The van der Waals surface area contributed by atoms with E-state index in [0.29, 0.717) is 23.3 Å². The minimum atomic E-state index is -3.38. The van der Waals surface area contributed by atoms with Gasteiger partial charge in [0, 0.05) is 6.54 Å². The van der Waals surface area contributed by atoms with Crippen molar-refractivity contribution in [2.45, 2.75) is 31.1 Å². The maximum atomic E-state index is 12.2. The van der Waals surface area contributed by atoms with E-state index in [-0.39, 0.29) is 0 Å². The van der Waals surface area contributed by atoms with Gasteiger partial charge in [-0.25, -0.2) is 13.1 Å². The molecule has 0 saturated heterocycles. The standard InChI is InChI=1S/C15H21NO2S/c1-3-13-5-4-6-14(13)11-16-19(17,18)15-9-7-12(2)8-10-15/h3,7-10,13-14,16H,1,4-6,11H2,2H3/t13-,14+/m1/s1. The number of rotatable bonds is 5. The lowest BCUT2D eigenvalue weighted by atomic mass is 9.97. The van der Waals surface area contributed by atoms with Gasteiger partial charge in [0.05, 0.1) is 4.90 Å². The molecule has 1 aliphatic rings. The first-order valence-electron chi connectivity index (χ1n) is 6.72. The Morgan fingerprint density at radius 3 is 2.63 bits per heavy atom. The molecule has 1 N–H and O–H groups in total. The maximum absolute atomic E-state index is 12.2. The molecular weight excluding hydrogens is 258 g/mol. The van der Waals surface area contributed by atoms with Gasteiger partial charge in [-0.2, -0.15) is 0 Å². The van der Waals surface area contributed by atoms with Crippen LogP contribution in [0, 0.1) is 18.8 Å². The number of hydrogen-bond acceptors (Lipinski definition) is 2. The molecule has 0 amide bonds. The van der Waals surface area contributed by atoms with Crippen LogP contribution in [0.4, 0.5) is 0 Å². The minimum absolute atomic E-state index is 0.339. The van der Waals surface area contributed by atoms with Crippen molar-refractivity contribution in [2.75, 3.05) is 6.54 Å². The fourth-order valence-electron chi connectivity index (χ4n) is 2.65. The molecule has 1 saturated carbocycles. The van der Waals surface area contributed by atoms with E-state index in [0.717, 1.165) is 24.8 Å². The Morgan fingerprint density at radius 1 is 1.32 bits per heavy atom. The average Bonchev–Trinajstić information content (AvgIpc) is 2.84. The summed E-state index contributed by atoms with van der Waals surface area (Å²) in [6.45, 7) is 6.28. The molecule has 1 aliphatic carbocycles. The summed E-state index contributed by atoms with van der Waals surface area (Å²) in [7, 11) is -3.38. The summed E-state index contributed by atoms with van der Waals surface area (Å²) in [6, 6.07) is 6.93. The molecule has 0 heterocycles. The molecule has 0 spiro atoms. The van der Waals surface area contributed by atoms with Crippen LogP contribution in [0.25, 0.3) is 0 Å². The topological polar surface area (TPSA) is 46.2 Å². The normalized spacial score (nSPS) is 23.4. The molecule has 3 nitrogen and oxygen atoms in total. The van der Waals surface area contributed by atoms with E-state index in [9.17, 15) is 8.42 Å². The van der Waals surface area contributed by atoms with Crippen molar-refractivity contribution < 1.29 is 8.42 Å². The molecule has 2 rings (SSSR count). The van der Waals surface area contributed by atoms with Crippen LogP contribution in [0.5, 0.6) is 0 Å². The van der Waals surface area contributed by atoms with E-state index in [1.165, 1.54) is 0 Å². The largest absolute Gasteiger partial charge is 0.240 e. The van der Waals surface area contributed by atoms with Crippen molar-refractivity contribution in [3.05, 3.63) is 42.5 Å². The van der Waals surface area contributed by atoms with Crippen molar-refractivity contribution >= 4 is 10.0 Å². The van der Waals surface area contributed by atoms with Gasteiger partial charge in [-0.05, 0) is 43.7 Å². The van der Waals surface area contributed by atoms with E-state index in [2.05, 4.69) is 11.3 Å². The molecule has 0 bridgehead atoms. The summed E-state index contributed by atoms with van der Waals surface area (Å²) < 4.78 is 27.0. The molecule has 0 aromatic heterocycles. The van der Waals surface area contributed by atoms with Crippen LogP contribution in [-0.2, 0) is 10.0 Å². The predicted octanol–water partition coefficient (Wildman–Crippen LogP) is 2.88. The highest BCUT2D eigenvalue weighted by Gasteiger charge is 2.26. The third-order valence-electron chi connectivity index (χ3n) is 3.89. The molecule has 19 heavy (non-hydrogen) atoms. The Morgan fingerprint density at radius 2 is 2.00 bits per heavy atom. The van der Waals surface area contributed by atoms with Gasteiger partial charge in [0.2, 0.25) is 10.0 Å². The number of allylic oxidation sites excluding steroid dienone is 1. The summed E-state index contributed by atoms with van der Waals surface area (Å²) in [5.74, 6) is 0.832. The van der Waals surface area contributed by atoms with E-state index >= 15 is 0 Å². The Kier molecular flexibility index (Phi) is 4.42. The van der Waals surface area contributed by atoms with Gasteiger partial charge >= 0.3 is 0 Å². The third-order valence-corrected chi connectivity index (χ3v) is 5.33. The van der Waals surface area contributed by atoms with Crippen molar-refractivity contribution in [1.82, 2.24) is 4.72 Å². The lowest BCUT2D eigenvalue weighted by molar-refractivity contribution is 0.450. The molecule has 1 aromatic rings. The first-order chi connectivity index (χ1) is 9.03. The summed E-state index contributed by atoms with van der Waals surface area (Å²) in [5.41, 5.74) is 1.06. The second-order valence-electron chi connectivity index (χ2n) is 5.26. The van der Waals surface area contributed by atoms with Gasteiger partial charge in [0.1, 0.15) is 0 Å². The summed E-state index contributed by atoms with van der Waals surface area (Å²) in [5, 5.41) is 0. The SMILES string of the molecule is C=C[C@@H]1CCC[C@H]1CNS(=O)(=O)c1ccc(C)cc1. The van der Waals surface area contributed by atoms with Gasteiger partial charge in [0.15, 0.2) is 0 Å². The Balaban J connectivity index is 2.01. The molecule has 1 aromatic carbocycles. The van der Waals surface area contributed by atoms with E-state index in [1.54, 1.807) is 12.1 Å². The van der Waals surface area contributed by atoms with Crippen LogP contribution >= 0.6 is 0 Å².